The zero-order valence-corrected chi connectivity index (χ0v) is 10.9. The Labute approximate surface area is 111 Å². The van der Waals surface area contributed by atoms with E-state index in [9.17, 15) is 18.0 Å². The second-order valence-corrected chi connectivity index (χ2v) is 4.39. The van der Waals surface area contributed by atoms with Gasteiger partial charge in [0.2, 0.25) is 0 Å². The first kappa shape index (κ1) is 15.5. The molecule has 19 heavy (non-hydrogen) atoms. The summed E-state index contributed by atoms with van der Waals surface area (Å²) in [5.74, 6) is -1.80. The van der Waals surface area contributed by atoms with E-state index in [1.165, 1.54) is 30.7 Å². The van der Waals surface area contributed by atoms with Crippen LogP contribution in [0.4, 0.5) is 18.9 Å². The number of halogens is 3. The molecule has 0 amide bonds. The predicted molar refractivity (Wildman–Crippen MR) is 69.5 cm³/mol. The van der Waals surface area contributed by atoms with Crippen LogP contribution < -0.4 is 5.32 Å². The van der Waals surface area contributed by atoms with Crippen LogP contribution in [-0.4, -0.2) is 18.5 Å². The summed E-state index contributed by atoms with van der Waals surface area (Å²) in [5, 5.41) is 3.12. The van der Waals surface area contributed by atoms with Crippen molar-refractivity contribution < 1.29 is 18.0 Å². The molecule has 2 nitrogen and oxygen atoms in total. The van der Waals surface area contributed by atoms with Gasteiger partial charge >= 0.3 is 6.18 Å². The van der Waals surface area contributed by atoms with Gasteiger partial charge in [0.15, 0.2) is 0 Å². The molecule has 0 saturated carbocycles. The standard InChI is InChI=1S/C14H18F3NO/c1-2-3-4-5-10-18-12-8-6-11(7-9-12)13(19)14(15,16)17/h6-9,18H,2-5,10H2,1H3. The van der Waals surface area contributed by atoms with Crippen LogP contribution in [0.25, 0.3) is 0 Å². The highest BCUT2D eigenvalue weighted by molar-refractivity contribution is 6.00. The zero-order chi connectivity index (χ0) is 14.3. The van der Waals surface area contributed by atoms with Crippen molar-refractivity contribution in [1.29, 1.82) is 0 Å². The van der Waals surface area contributed by atoms with Gasteiger partial charge in [0.05, 0.1) is 0 Å². The topological polar surface area (TPSA) is 29.1 Å². The molecule has 0 aromatic heterocycles. The minimum absolute atomic E-state index is 0.330. The predicted octanol–water partition coefficient (Wildman–Crippen LogP) is 4.42. The van der Waals surface area contributed by atoms with E-state index in [4.69, 9.17) is 0 Å². The number of anilines is 1. The lowest BCUT2D eigenvalue weighted by atomic mass is 10.1. The Morgan fingerprint density at radius 2 is 1.74 bits per heavy atom. The van der Waals surface area contributed by atoms with Crippen molar-refractivity contribution in [2.24, 2.45) is 0 Å². The van der Waals surface area contributed by atoms with Gasteiger partial charge in [0.1, 0.15) is 0 Å². The quantitative estimate of drug-likeness (QED) is 0.588. The summed E-state index contributed by atoms with van der Waals surface area (Å²) in [7, 11) is 0. The molecule has 0 aliphatic carbocycles. The fourth-order valence-electron chi connectivity index (χ4n) is 1.69. The smallest absolute Gasteiger partial charge is 0.385 e. The summed E-state index contributed by atoms with van der Waals surface area (Å²) in [6.45, 7) is 2.91. The molecule has 1 N–H and O–H groups in total. The van der Waals surface area contributed by atoms with E-state index in [-0.39, 0.29) is 5.56 Å². The van der Waals surface area contributed by atoms with E-state index in [0.29, 0.717) is 0 Å². The van der Waals surface area contributed by atoms with E-state index in [1.54, 1.807) is 0 Å². The van der Waals surface area contributed by atoms with E-state index in [1.807, 2.05) is 0 Å². The maximum Gasteiger partial charge on any atom is 0.454 e. The molecule has 0 saturated heterocycles. The SMILES string of the molecule is CCCCCCNc1ccc(C(=O)C(F)(F)F)cc1. The Morgan fingerprint density at radius 3 is 2.26 bits per heavy atom. The minimum atomic E-state index is -4.81. The first-order chi connectivity index (χ1) is 8.95. The largest absolute Gasteiger partial charge is 0.454 e. The van der Waals surface area contributed by atoms with Gasteiger partial charge in [-0.2, -0.15) is 13.2 Å². The molecule has 0 unspecified atom stereocenters. The Bertz CT molecular complexity index is 398. The number of rotatable bonds is 7. The number of carbonyl (C=O) groups is 1. The Hall–Kier alpha value is -1.52. The van der Waals surface area contributed by atoms with Crippen LogP contribution in [0.1, 0.15) is 43.0 Å². The molecule has 0 aliphatic heterocycles. The second kappa shape index (κ2) is 7.16. The Balaban J connectivity index is 2.46. The highest BCUT2D eigenvalue weighted by Crippen LogP contribution is 2.22. The molecule has 0 fully saturated rings. The third-order valence-corrected chi connectivity index (χ3v) is 2.76. The molecule has 1 rings (SSSR count). The average molecular weight is 273 g/mol. The van der Waals surface area contributed by atoms with E-state index in [0.717, 1.165) is 31.5 Å². The summed E-state index contributed by atoms with van der Waals surface area (Å²) in [6, 6.07) is 5.39. The fraction of sp³-hybridized carbons (Fsp3) is 0.500. The van der Waals surface area contributed by atoms with Crippen molar-refractivity contribution in [3.05, 3.63) is 29.8 Å². The van der Waals surface area contributed by atoms with Gasteiger partial charge in [0.25, 0.3) is 5.78 Å². The number of alkyl halides is 3. The molecule has 0 heterocycles. The van der Waals surface area contributed by atoms with Crippen LogP contribution in [0.3, 0.4) is 0 Å². The molecule has 0 aliphatic rings. The van der Waals surface area contributed by atoms with E-state index >= 15 is 0 Å². The molecule has 1 aromatic carbocycles. The molecular formula is C14H18F3NO. The van der Waals surface area contributed by atoms with Crippen molar-refractivity contribution in [3.8, 4) is 0 Å². The molecular weight excluding hydrogens is 255 g/mol. The van der Waals surface area contributed by atoms with Gasteiger partial charge in [-0.15, -0.1) is 0 Å². The van der Waals surface area contributed by atoms with Gasteiger partial charge in [0, 0.05) is 17.8 Å². The molecule has 106 valence electrons. The summed E-state index contributed by atoms with van der Waals surface area (Å²) >= 11 is 0. The first-order valence-corrected chi connectivity index (χ1v) is 6.40. The van der Waals surface area contributed by atoms with Crippen molar-refractivity contribution in [1.82, 2.24) is 0 Å². The summed E-state index contributed by atoms with van der Waals surface area (Å²) in [5.41, 5.74) is 0.402. The van der Waals surface area contributed by atoms with Gasteiger partial charge < -0.3 is 5.32 Å². The monoisotopic (exact) mass is 273 g/mol. The van der Waals surface area contributed by atoms with E-state index in [2.05, 4.69) is 12.2 Å². The molecule has 5 heteroatoms. The third-order valence-electron chi connectivity index (χ3n) is 2.76. The highest BCUT2D eigenvalue weighted by Gasteiger charge is 2.39. The van der Waals surface area contributed by atoms with Crippen LogP contribution in [0.2, 0.25) is 0 Å². The van der Waals surface area contributed by atoms with Gasteiger partial charge in [-0.05, 0) is 30.7 Å². The summed E-state index contributed by atoms with van der Waals surface area (Å²) in [4.78, 5) is 11.0. The summed E-state index contributed by atoms with van der Waals surface area (Å²) in [6.07, 6.45) is -0.310. The number of ketones is 1. The van der Waals surface area contributed by atoms with Crippen LogP contribution in [0, 0.1) is 0 Å². The number of Topliss-reactive ketones (excluding diaryl/α,β-unsaturated/α-hetero) is 1. The van der Waals surface area contributed by atoms with Crippen LogP contribution in [0.15, 0.2) is 24.3 Å². The van der Waals surface area contributed by atoms with Crippen molar-refractivity contribution in [2.75, 3.05) is 11.9 Å². The van der Waals surface area contributed by atoms with Crippen molar-refractivity contribution in [3.63, 3.8) is 0 Å². The lowest BCUT2D eigenvalue weighted by Crippen LogP contribution is -2.22. The number of unbranched alkanes of at least 4 members (excludes halogenated alkanes) is 3. The number of benzene rings is 1. The molecule has 0 spiro atoms. The third kappa shape index (κ3) is 5.32. The van der Waals surface area contributed by atoms with Crippen LogP contribution >= 0.6 is 0 Å². The molecule has 0 bridgehead atoms. The average Bonchev–Trinajstić information content (AvgIpc) is 2.37. The minimum Gasteiger partial charge on any atom is -0.385 e. The van der Waals surface area contributed by atoms with Gasteiger partial charge in [-0.25, -0.2) is 0 Å². The number of hydrogen-bond acceptors (Lipinski definition) is 2. The van der Waals surface area contributed by atoms with Gasteiger partial charge in [-0.3, -0.25) is 4.79 Å². The van der Waals surface area contributed by atoms with Crippen molar-refractivity contribution in [2.45, 2.75) is 38.8 Å². The number of carbonyl (C=O) groups excluding carboxylic acids is 1. The molecule has 0 radical (unpaired) electrons. The maximum atomic E-state index is 12.2. The van der Waals surface area contributed by atoms with Crippen LogP contribution in [-0.2, 0) is 0 Å². The first-order valence-electron chi connectivity index (χ1n) is 6.40. The lowest BCUT2D eigenvalue weighted by Gasteiger charge is -2.08. The van der Waals surface area contributed by atoms with Crippen molar-refractivity contribution >= 4 is 11.5 Å². The normalized spacial score (nSPS) is 11.4. The highest BCUT2D eigenvalue weighted by atomic mass is 19.4. The Kier molecular flexibility index (Phi) is 5.86. The zero-order valence-electron chi connectivity index (χ0n) is 10.9. The second-order valence-electron chi connectivity index (χ2n) is 4.39. The Morgan fingerprint density at radius 1 is 1.11 bits per heavy atom. The fourth-order valence-corrected chi connectivity index (χ4v) is 1.69. The molecule has 1 aromatic rings. The number of nitrogens with one attached hydrogen (secondary N) is 1. The summed E-state index contributed by atoms with van der Waals surface area (Å²) < 4.78 is 36.6. The lowest BCUT2D eigenvalue weighted by molar-refractivity contribution is -0.0885. The number of hydrogen-bond donors (Lipinski definition) is 1. The van der Waals surface area contributed by atoms with E-state index < -0.39 is 12.0 Å². The maximum absolute atomic E-state index is 12.2. The van der Waals surface area contributed by atoms with Crippen LogP contribution in [0.5, 0.6) is 0 Å². The molecule has 0 atom stereocenters. The van der Waals surface area contributed by atoms with Gasteiger partial charge in [-0.1, -0.05) is 26.2 Å².